The fourth-order valence-electron chi connectivity index (χ4n) is 3.73. The van der Waals surface area contributed by atoms with Gasteiger partial charge in [0.2, 0.25) is 6.23 Å². The van der Waals surface area contributed by atoms with E-state index in [0.717, 1.165) is 11.0 Å². The lowest BCUT2D eigenvalue weighted by atomic mass is 10.1. The highest BCUT2D eigenvalue weighted by atomic mass is 19.3. The third kappa shape index (κ3) is 4.20. The van der Waals surface area contributed by atoms with Gasteiger partial charge in [0.1, 0.15) is 19.0 Å². The quantitative estimate of drug-likeness (QED) is 0.395. The number of rotatable bonds is 6. The Labute approximate surface area is 201 Å². The lowest BCUT2D eigenvalue weighted by Gasteiger charge is -2.23. The van der Waals surface area contributed by atoms with Gasteiger partial charge in [-0.1, -0.05) is 41.6 Å². The number of aromatic nitrogens is 5. The van der Waals surface area contributed by atoms with Gasteiger partial charge in [0.25, 0.3) is 0 Å². The molecule has 184 valence electrons. The SMILES string of the molecule is Nc1ncnc2c1nnn2[C@@H]1O[C@H](COC(=O)c2ccccc2)[C@@H](OC(=O)c2ccccc2)C1(F)F. The van der Waals surface area contributed by atoms with Crippen molar-refractivity contribution in [2.24, 2.45) is 0 Å². The number of nitrogens with zero attached hydrogens (tertiary/aromatic N) is 5. The van der Waals surface area contributed by atoms with E-state index < -0.39 is 42.9 Å². The van der Waals surface area contributed by atoms with Crippen LogP contribution in [0.1, 0.15) is 26.9 Å². The van der Waals surface area contributed by atoms with Crippen molar-refractivity contribution < 1.29 is 32.6 Å². The average Bonchev–Trinajstić information content (AvgIpc) is 3.42. The molecule has 1 aliphatic heterocycles. The molecule has 2 aromatic heterocycles. The van der Waals surface area contributed by atoms with E-state index in [1.807, 2.05) is 0 Å². The summed E-state index contributed by atoms with van der Waals surface area (Å²) in [6.45, 7) is -0.629. The van der Waals surface area contributed by atoms with Crippen molar-refractivity contribution in [1.82, 2.24) is 25.0 Å². The molecule has 0 bridgehead atoms. The number of benzene rings is 2. The molecular formula is C23H18F2N6O5. The maximum absolute atomic E-state index is 15.7. The largest absolute Gasteiger partial charge is 0.459 e. The van der Waals surface area contributed by atoms with Gasteiger partial charge < -0.3 is 19.9 Å². The fraction of sp³-hybridized carbons (Fsp3) is 0.217. The topological polar surface area (TPSA) is 144 Å². The van der Waals surface area contributed by atoms with E-state index in [1.54, 1.807) is 36.4 Å². The summed E-state index contributed by atoms with van der Waals surface area (Å²) in [5, 5.41) is 7.47. The van der Waals surface area contributed by atoms with E-state index in [-0.39, 0.29) is 28.1 Å². The molecule has 0 spiro atoms. The summed E-state index contributed by atoms with van der Waals surface area (Å²) < 4.78 is 48.2. The number of hydrogen-bond donors (Lipinski definition) is 1. The summed E-state index contributed by atoms with van der Waals surface area (Å²) in [6, 6.07) is 15.6. The number of esters is 2. The van der Waals surface area contributed by atoms with E-state index in [2.05, 4.69) is 20.3 Å². The monoisotopic (exact) mass is 496 g/mol. The first-order valence-electron chi connectivity index (χ1n) is 10.7. The zero-order chi connectivity index (χ0) is 25.3. The Hall–Kier alpha value is -4.52. The van der Waals surface area contributed by atoms with E-state index in [0.29, 0.717) is 0 Å². The summed E-state index contributed by atoms with van der Waals surface area (Å²) in [6.07, 6.45) is -4.69. The number of anilines is 1. The van der Waals surface area contributed by atoms with Crippen molar-refractivity contribution in [2.45, 2.75) is 24.4 Å². The molecule has 1 fully saturated rings. The molecule has 13 heteroatoms. The first-order valence-corrected chi connectivity index (χ1v) is 10.7. The minimum atomic E-state index is -3.82. The molecule has 0 unspecified atom stereocenters. The summed E-state index contributed by atoms with van der Waals surface area (Å²) >= 11 is 0. The molecule has 5 rings (SSSR count). The van der Waals surface area contributed by atoms with Gasteiger partial charge in [-0.2, -0.15) is 13.5 Å². The second-order valence-corrected chi connectivity index (χ2v) is 7.82. The number of carbonyl (C=O) groups is 2. The van der Waals surface area contributed by atoms with E-state index in [1.165, 1.54) is 24.3 Å². The van der Waals surface area contributed by atoms with E-state index >= 15 is 8.78 Å². The Balaban J connectivity index is 1.45. The van der Waals surface area contributed by atoms with Gasteiger partial charge in [-0.25, -0.2) is 19.6 Å². The highest BCUT2D eigenvalue weighted by molar-refractivity contribution is 5.90. The first kappa shape index (κ1) is 23.2. The van der Waals surface area contributed by atoms with Crippen molar-refractivity contribution in [2.75, 3.05) is 12.3 Å². The second-order valence-electron chi connectivity index (χ2n) is 7.82. The molecule has 0 radical (unpaired) electrons. The number of hydrogen-bond acceptors (Lipinski definition) is 10. The zero-order valence-corrected chi connectivity index (χ0v) is 18.4. The van der Waals surface area contributed by atoms with Crippen LogP contribution < -0.4 is 5.73 Å². The predicted molar refractivity (Wildman–Crippen MR) is 119 cm³/mol. The number of ether oxygens (including phenoxy) is 3. The third-order valence-corrected chi connectivity index (χ3v) is 5.49. The minimum Gasteiger partial charge on any atom is -0.459 e. The van der Waals surface area contributed by atoms with E-state index in [9.17, 15) is 9.59 Å². The number of halogens is 2. The van der Waals surface area contributed by atoms with Crippen LogP contribution in [0.3, 0.4) is 0 Å². The van der Waals surface area contributed by atoms with Gasteiger partial charge >= 0.3 is 17.9 Å². The molecule has 4 aromatic rings. The third-order valence-electron chi connectivity index (χ3n) is 5.49. The molecule has 36 heavy (non-hydrogen) atoms. The van der Waals surface area contributed by atoms with Crippen molar-refractivity contribution >= 4 is 28.9 Å². The summed E-state index contributed by atoms with van der Waals surface area (Å²) in [5.74, 6) is -5.65. The van der Waals surface area contributed by atoms with Crippen molar-refractivity contribution in [3.8, 4) is 0 Å². The minimum absolute atomic E-state index is 0.00585. The van der Waals surface area contributed by atoms with Crippen LogP contribution >= 0.6 is 0 Å². The summed E-state index contributed by atoms with van der Waals surface area (Å²) in [7, 11) is 0. The van der Waals surface area contributed by atoms with Crippen LogP contribution in [0.15, 0.2) is 67.0 Å². The Morgan fingerprint density at radius 2 is 1.64 bits per heavy atom. The molecule has 0 aliphatic carbocycles. The molecule has 0 saturated carbocycles. The fourth-order valence-corrected chi connectivity index (χ4v) is 3.73. The molecular weight excluding hydrogens is 478 g/mol. The highest BCUT2D eigenvalue weighted by Gasteiger charge is 2.63. The molecule has 2 N–H and O–H groups in total. The van der Waals surface area contributed by atoms with Gasteiger partial charge in [-0.3, -0.25) is 0 Å². The molecule has 3 atom stereocenters. The first-order chi connectivity index (χ1) is 17.4. The molecule has 0 amide bonds. The van der Waals surface area contributed by atoms with Crippen LogP contribution in [0.4, 0.5) is 14.6 Å². The van der Waals surface area contributed by atoms with Crippen LogP contribution in [-0.2, 0) is 14.2 Å². The van der Waals surface area contributed by atoms with Gasteiger partial charge in [0.05, 0.1) is 11.1 Å². The van der Waals surface area contributed by atoms with Crippen LogP contribution in [0.25, 0.3) is 11.2 Å². The molecule has 1 aliphatic rings. The number of carbonyl (C=O) groups excluding carboxylic acids is 2. The normalized spacial score (nSPS) is 20.8. The molecule has 3 heterocycles. The number of alkyl halides is 2. The van der Waals surface area contributed by atoms with Gasteiger partial charge in [0.15, 0.2) is 23.1 Å². The number of nitrogen functional groups attached to an aromatic ring is 1. The predicted octanol–water partition coefficient (Wildman–Crippen LogP) is 2.42. The Bertz CT molecular complexity index is 1400. The molecule has 1 saturated heterocycles. The second kappa shape index (κ2) is 9.26. The van der Waals surface area contributed by atoms with Gasteiger partial charge in [0, 0.05) is 0 Å². The maximum Gasteiger partial charge on any atom is 0.338 e. The van der Waals surface area contributed by atoms with Crippen LogP contribution in [0, 0.1) is 0 Å². The average molecular weight is 496 g/mol. The molecule has 2 aromatic carbocycles. The smallest absolute Gasteiger partial charge is 0.338 e. The van der Waals surface area contributed by atoms with Crippen LogP contribution in [0.2, 0.25) is 0 Å². The number of fused-ring (bicyclic) bond motifs is 1. The van der Waals surface area contributed by atoms with Crippen molar-refractivity contribution in [3.05, 3.63) is 78.1 Å². The lowest BCUT2D eigenvalue weighted by Crippen LogP contribution is -2.43. The highest BCUT2D eigenvalue weighted by Crippen LogP contribution is 2.45. The summed E-state index contributed by atoms with van der Waals surface area (Å²) in [5.41, 5.74) is 5.89. The van der Waals surface area contributed by atoms with Gasteiger partial charge in [-0.15, -0.1) is 5.10 Å². The van der Waals surface area contributed by atoms with E-state index in [4.69, 9.17) is 19.9 Å². The van der Waals surface area contributed by atoms with Crippen molar-refractivity contribution in [1.29, 1.82) is 0 Å². The zero-order valence-electron chi connectivity index (χ0n) is 18.4. The maximum atomic E-state index is 15.7. The Kier molecular flexibility index (Phi) is 5.98. The lowest BCUT2D eigenvalue weighted by molar-refractivity contribution is -0.144. The van der Waals surface area contributed by atoms with Gasteiger partial charge in [-0.05, 0) is 24.3 Å². The Morgan fingerprint density at radius 3 is 2.31 bits per heavy atom. The summed E-state index contributed by atoms with van der Waals surface area (Å²) in [4.78, 5) is 32.7. The Morgan fingerprint density at radius 1 is 1.00 bits per heavy atom. The van der Waals surface area contributed by atoms with Crippen LogP contribution in [0.5, 0.6) is 0 Å². The van der Waals surface area contributed by atoms with Crippen LogP contribution in [-0.4, -0.2) is 61.6 Å². The number of nitrogens with two attached hydrogens (primary N) is 1. The molecule has 11 nitrogen and oxygen atoms in total. The standard InChI is InChI=1S/C23H18F2N6O5/c24-23(25)17(36-21(33)14-9-5-2-6-10-14)15(11-34-20(32)13-7-3-1-4-8-13)35-22(23)31-19-16(29-30-31)18(26)27-12-28-19/h1-10,12,15,17,22H,11H2,(H2,26,27,28)/t15-,17-,22-/m1/s1. The van der Waals surface area contributed by atoms with Crippen molar-refractivity contribution in [3.63, 3.8) is 0 Å².